The Kier molecular flexibility index (Phi) is 6.43. The largest absolute Gasteiger partial charge is 0.390 e. The highest BCUT2D eigenvalue weighted by Gasteiger charge is 2.26. The van der Waals surface area contributed by atoms with E-state index in [0.29, 0.717) is 24.7 Å². The number of rotatable bonds is 8. The van der Waals surface area contributed by atoms with Crippen molar-refractivity contribution < 1.29 is 13.5 Å². The van der Waals surface area contributed by atoms with Crippen LogP contribution < -0.4 is 0 Å². The first-order valence-corrected chi connectivity index (χ1v) is 9.03. The predicted octanol–water partition coefficient (Wildman–Crippen LogP) is 2.62. The van der Waals surface area contributed by atoms with Gasteiger partial charge < -0.3 is 9.67 Å². The Labute approximate surface area is 128 Å². The summed E-state index contributed by atoms with van der Waals surface area (Å²) in [6.07, 6.45) is 2.58. The smallest absolute Gasteiger partial charge is 0.244 e. The van der Waals surface area contributed by atoms with Crippen LogP contribution in [0.2, 0.25) is 0 Å². The first-order valence-electron chi connectivity index (χ1n) is 7.59. The van der Waals surface area contributed by atoms with Crippen molar-refractivity contribution in [2.75, 3.05) is 13.1 Å². The topological polar surface area (TPSA) is 62.5 Å². The highest BCUT2D eigenvalue weighted by molar-refractivity contribution is 7.89. The molecule has 6 heteroatoms. The summed E-state index contributed by atoms with van der Waals surface area (Å²) in [5.41, 5.74) is 0.628. The summed E-state index contributed by atoms with van der Waals surface area (Å²) in [5, 5.41) is 9.40. The second-order valence-electron chi connectivity index (χ2n) is 5.80. The second kappa shape index (κ2) is 7.42. The molecule has 0 radical (unpaired) electrons. The minimum Gasteiger partial charge on any atom is -0.390 e. The number of aliphatic hydroxyl groups excluding tert-OH is 1. The van der Waals surface area contributed by atoms with Gasteiger partial charge in [0, 0.05) is 31.0 Å². The number of hydrogen-bond acceptors (Lipinski definition) is 3. The van der Waals surface area contributed by atoms with Crippen molar-refractivity contribution in [1.82, 2.24) is 8.87 Å². The highest BCUT2D eigenvalue weighted by atomic mass is 32.2. The molecule has 0 spiro atoms. The van der Waals surface area contributed by atoms with Gasteiger partial charge in [-0.1, -0.05) is 27.2 Å². The van der Waals surface area contributed by atoms with Gasteiger partial charge in [0.05, 0.1) is 6.61 Å². The van der Waals surface area contributed by atoms with Gasteiger partial charge in [0.1, 0.15) is 4.90 Å². The fourth-order valence-electron chi connectivity index (χ4n) is 2.27. The summed E-state index contributed by atoms with van der Waals surface area (Å²) < 4.78 is 28.8. The third kappa shape index (κ3) is 4.08. The molecular weight excluding hydrogens is 288 g/mol. The molecule has 5 nitrogen and oxygen atoms in total. The molecule has 1 aromatic rings. The molecule has 0 aliphatic rings. The zero-order valence-corrected chi connectivity index (χ0v) is 14.5. The van der Waals surface area contributed by atoms with E-state index in [2.05, 4.69) is 13.8 Å². The lowest BCUT2D eigenvalue weighted by atomic mass is 10.1. The van der Waals surface area contributed by atoms with Gasteiger partial charge >= 0.3 is 0 Å². The van der Waals surface area contributed by atoms with Crippen molar-refractivity contribution >= 4 is 10.0 Å². The molecule has 122 valence electrons. The van der Waals surface area contributed by atoms with Crippen LogP contribution in [0.5, 0.6) is 0 Å². The lowest BCUT2D eigenvalue weighted by Gasteiger charge is -2.22. The Morgan fingerprint density at radius 1 is 1.29 bits per heavy atom. The van der Waals surface area contributed by atoms with Crippen LogP contribution in [-0.4, -0.2) is 35.5 Å². The van der Waals surface area contributed by atoms with Crippen LogP contribution in [0.4, 0.5) is 0 Å². The number of aromatic nitrogens is 1. The third-order valence-corrected chi connectivity index (χ3v) is 5.73. The highest BCUT2D eigenvalue weighted by Crippen LogP contribution is 2.23. The molecule has 1 N–H and O–H groups in total. The van der Waals surface area contributed by atoms with Crippen molar-refractivity contribution in [3.05, 3.63) is 18.0 Å². The van der Waals surface area contributed by atoms with Gasteiger partial charge in [0.2, 0.25) is 10.0 Å². The maximum Gasteiger partial charge on any atom is 0.244 e. The Balaban J connectivity index is 3.17. The number of aliphatic hydroxyl groups is 1. The van der Waals surface area contributed by atoms with E-state index in [0.717, 1.165) is 6.42 Å². The Hall–Kier alpha value is -0.850. The minimum absolute atomic E-state index is 0.112. The van der Waals surface area contributed by atoms with Gasteiger partial charge in [-0.25, -0.2) is 8.42 Å². The maximum absolute atomic E-state index is 12.7. The summed E-state index contributed by atoms with van der Waals surface area (Å²) in [6, 6.07) is 1.69. The third-order valence-electron chi connectivity index (χ3n) is 3.83. The van der Waals surface area contributed by atoms with Crippen LogP contribution in [0.15, 0.2) is 17.2 Å². The summed E-state index contributed by atoms with van der Waals surface area (Å²) in [5.74, 6) is 0.323. The molecule has 1 rings (SSSR count). The van der Waals surface area contributed by atoms with Crippen LogP contribution in [0.3, 0.4) is 0 Å². The monoisotopic (exact) mass is 316 g/mol. The van der Waals surface area contributed by atoms with Gasteiger partial charge in [0.25, 0.3) is 0 Å². The fraction of sp³-hybridized carbons (Fsp3) is 0.733. The number of sulfonamides is 1. The second-order valence-corrected chi connectivity index (χ2v) is 7.73. The van der Waals surface area contributed by atoms with E-state index in [1.165, 1.54) is 4.31 Å². The lowest BCUT2D eigenvalue weighted by Crippen LogP contribution is -2.34. The molecule has 0 saturated carbocycles. The van der Waals surface area contributed by atoms with Crippen molar-refractivity contribution in [3.8, 4) is 0 Å². The van der Waals surface area contributed by atoms with E-state index in [4.69, 9.17) is 0 Å². The zero-order valence-electron chi connectivity index (χ0n) is 13.7. The van der Waals surface area contributed by atoms with E-state index >= 15 is 0 Å². The van der Waals surface area contributed by atoms with Crippen LogP contribution in [0, 0.1) is 5.92 Å². The molecular formula is C15H28N2O3S. The standard InChI is InChI=1S/C15H28N2O3S/c1-6-13(5)9-16(7-2)21(19,20)15-8-14(11-18)17(10-15)12(3)4/h8,10,12-13,18H,6-7,9,11H2,1-5H3. The molecule has 1 atom stereocenters. The molecule has 1 unspecified atom stereocenters. The van der Waals surface area contributed by atoms with Crippen molar-refractivity contribution in [2.24, 2.45) is 5.92 Å². The Bertz CT molecular complexity index is 549. The van der Waals surface area contributed by atoms with Gasteiger partial charge in [-0.15, -0.1) is 0 Å². The molecule has 1 aromatic heterocycles. The number of hydrogen-bond donors (Lipinski definition) is 1. The van der Waals surface area contributed by atoms with Crippen molar-refractivity contribution in [2.45, 2.75) is 58.6 Å². The molecule has 0 saturated heterocycles. The van der Waals surface area contributed by atoms with Gasteiger partial charge in [-0.2, -0.15) is 4.31 Å². The van der Waals surface area contributed by atoms with Crippen LogP contribution in [0.1, 0.15) is 52.8 Å². The molecule has 0 amide bonds. The van der Waals surface area contributed by atoms with Crippen LogP contribution in [-0.2, 0) is 16.6 Å². The van der Waals surface area contributed by atoms with Crippen LogP contribution >= 0.6 is 0 Å². The first-order chi connectivity index (χ1) is 9.77. The van der Waals surface area contributed by atoms with E-state index in [1.54, 1.807) is 12.3 Å². The van der Waals surface area contributed by atoms with E-state index in [1.807, 2.05) is 25.3 Å². The normalized spacial score (nSPS) is 14.1. The molecule has 1 heterocycles. The average molecular weight is 316 g/mol. The number of nitrogens with zero attached hydrogens (tertiary/aromatic N) is 2. The van der Waals surface area contributed by atoms with E-state index in [-0.39, 0.29) is 17.5 Å². The lowest BCUT2D eigenvalue weighted by molar-refractivity contribution is 0.268. The molecule has 21 heavy (non-hydrogen) atoms. The summed E-state index contributed by atoms with van der Waals surface area (Å²) in [6.45, 7) is 10.7. The van der Waals surface area contributed by atoms with Gasteiger partial charge in [-0.05, 0) is 25.8 Å². The van der Waals surface area contributed by atoms with Crippen molar-refractivity contribution in [1.29, 1.82) is 0 Å². The van der Waals surface area contributed by atoms with Crippen molar-refractivity contribution in [3.63, 3.8) is 0 Å². The fourth-order valence-corrected chi connectivity index (χ4v) is 3.89. The molecule has 0 fully saturated rings. The SMILES string of the molecule is CCC(C)CN(CC)S(=O)(=O)c1cc(CO)n(C(C)C)c1. The quantitative estimate of drug-likeness (QED) is 0.802. The summed E-state index contributed by atoms with van der Waals surface area (Å²) >= 11 is 0. The summed E-state index contributed by atoms with van der Waals surface area (Å²) in [4.78, 5) is 0.269. The van der Waals surface area contributed by atoms with E-state index in [9.17, 15) is 13.5 Å². The average Bonchev–Trinajstić information content (AvgIpc) is 2.89. The Morgan fingerprint density at radius 2 is 1.90 bits per heavy atom. The van der Waals surface area contributed by atoms with Gasteiger partial charge in [-0.3, -0.25) is 0 Å². The molecule has 0 aliphatic heterocycles. The summed E-state index contributed by atoms with van der Waals surface area (Å²) in [7, 11) is -3.50. The molecule has 0 aliphatic carbocycles. The van der Waals surface area contributed by atoms with E-state index < -0.39 is 10.0 Å². The Morgan fingerprint density at radius 3 is 2.29 bits per heavy atom. The van der Waals surface area contributed by atoms with Gasteiger partial charge in [0.15, 0.2) is 0 Å². The zero-order chi connectivity index (χ0) is 16.2. The van der Waals surface area contributed by atoms with Crippen LogP contribution in [0.25, 0.3) is 0 Å². The minimum atomic E-state index is -3.50. The molecule has 0 aromatic carbocycles. The maximum atomic E-state index is 12.7. The first kappa shape index (κ1) is 18.2. The predicted molar refractivity (Wildman–Crippen MR) is 84.6 cm³/mol. The molecule has 0 bridgehead atoms.